The number of nitrogens with one attached hydrogen (secondary N) is 1. The first-order chi connectivity index (χ1) is 13.7. The molecule has 0 spiro atoms. The van der Waals surface area contributed by atoms with Crippen molar-refractivity contribution in [1.29, 1.82) is 0 Å². The summed E-state index contributed by atoms with van der Waals surface area (Å²) in [6.07, 6.45) is 7.18. The van der Waals surface area contributed by atoms with Crippen LogP contribution in [0, 0.1) is 17.3 Å². The minimum atomic E-state index is -2.90. The minimum Gasteiger partial charge on any atom is -0.456 e. The SMILES string of the molecule is O=C(COC(=O)CC12C[C@@H]3C[C@H](CC(Br)(C3)C1)C2)Nc1ccc(OC(F)F)cc1. The van der Waals surface area contributed by atoms with Gasteiger partial charge in [0.25, 0.3) is 5.91 Å². The van der Waals surface area contributed by atoms with Gasteiger partial charge in [-0.2, -0.15) is 8.78 Å². The first-order valence-electron chi connectivity index (χ1n) is 9.92. The third kappa shape index (κ3) is 4.90. The molecule has 0 aliphatic heterocycles. The van der Waals surface area contributed by atoms with E-state index in [-0.39, 0.29) is 28.1 Å². The molecule has 1 aromatic carbocycles. The van der Waals surface area contributed by atoms with Crippen molar-refractivity contribution >= 4 is 33.5 Å². The van der Waals surface area contributed by atoms with Gasteiger partial charge in [0.05, 0.1) is 6.42 Å². The maximum absolute atomic E-state index is 12.4. The summed E-state index contributed by atoms with van der Waals surface area (Å²) in [5.74, 6) is 0.569. The topological polar surface area (TPSA) is 64.6 Å². The summed E-state index contributed by atoms with van der Waals surface area (Å²) in [7, 11) is 0. The smallest absolute Gasteiger partial charge is 0.387 e. The summed E-state index contributed by atoms with van der Waals surface area (Å²) in [5, 5.41) is 2.58. The highest BCUT2D eigenvalue weighted by molar-refractivity contribution is 9.10. The van der Waals surface area contributed by atoms with E-state index < -0.39 is 12.5 Å². The first kappa shape index (κ1) is 20.6. The summed E-state index contributed by atoms with van der Waals surface area (Å²) >= 11 is 3.93. The molecule has 5 rings (SSSR count). The van der Waals surface area contributed by atoms with Gasteiger partial charge >= 0.3 is 12.6 Å². The van der Waals surface area contributed by atoms with Gasteiger partial charge in [-0.05, 0) is 80.0 Å². The van der Waals surface area contributed by atoms with Gasteiger partial charge in [-0.25, -0.2) is 0 Å². The lowest BCUT2D eigenvalue weighted by molar-refractivity contribution is -0.153. The van der Waals surface area contributed by atoms with Crippen molar-refractivity contribution in [3.05, 3.63) is 24.3 Å². The number of esters is 1. The van der Waals surface area contributed by atoms with Gasteiger partial charge in [-0.1, -0.05) is 15.9 Å². The Morgan fingerprint density at radius 2 is 1.79 bits per heavy atom. The van der Waals surface area contributed by atoms with E-state index in [0.717, 1.165) is 19.3 Å². The number of benzene rings is 1. The highest BCUT2D eigenvalue weighted by atomic mass is 79.9. The molecule has 1 amide bonds. The average Bonchev–Trinajstić information content (AvgIpc) is 2.59. The molecular formula is C21H24BrF2NO4. The summed E-state index contributed by atoms with van der Waals surface area (Å²) in [4.78, 5) is 24.5. The fraction of sp³-hybridized carbons (Fsp3) is 0.619. The Morgan fingerprint density at radius 3 is 2.38 bits per heavy atom. The molecule has 29 heavy (non-hydrogen) atoms. The van der Waals surface area contributed by atoms with Crippen LogP contribution in [0.15, 0.2) is 24.3 Å². The zero-order chi connectivity index (χ0) is 20.6. The van der Waals surface area contributed by atoms with E-state index in [0.29, 0.717) is 23.9 Å². The monoisotopic (exact) mass is 471 g/mol. The second kappa shape index (κ2) is 7.85. The van der Waals surface area contributed by atoms with Crippen LogP contribution in [0.5, 0.6) is 5.75 Å². The van der Waals surface area contributed by atoms with Crippen LogP contribution in [0.2, 0.25) is 0 Å². The van der Waals surface area contributed by atoms with Crippen LogP contribution in [-0.4, -0.2) is 29.4 Å². The molecule has 1 N–H and O–H groups in total. The largest absolute Gasteiger partial charge is 0.456 e. The van der Waals surface area contributed by atoms with Crippen LogP contribution in [0.1, 0.15) is 44.9 Å². The fourth-order valence-corrected chi connectivity index (χ4v) is 7.47. The maximum atomic E-state index is 12.4. The van der Waals surface area contributed by atoms with Crippen LogP contribution >= 0.6 is 15.9 Å². The molecule has 8 heteroatoms. The Balaban J connectivity index is 1.25. The van der Waals surface area contributed by atoms with Crippen LogP contribution < -0.4 is 10.1 Å². The molecule has 4 saturated carbocycles. The van der Waals surface area contributed by atoms with E-state index in [1.165, 1.54) is 43.5 Å². The number of carbonyl (C=O) groups is 2. The fourth-order valence-electron chi connectivity index (χ4n) is 5.96. The zero-order valence-corrected chi connectivity index (χ0v) is 17.6. The lowest BCUT2D eigenvalue weighted by Crippen LogP contribution is -2.53. The summed E-state index contributed by atoms with van der Waals surface area (Å²) in [6, 6.07) is 5.55. The molecule has 5 nitrogen and oxygen atoms in total. The summed E-state index contributed by atoms with van der Waals surface area (Å²) < 4.78 is 34.0. The van der Waals surface area contributed by atoms with Gasteiger partial charge in [0, 0.05) is 10.0 Å². The summed E-state index contributed by atoms with van der Waals surface area (Å²) in [6.45, 7) is -3.26. The normalized spacial score (nSPS) is 32.3. The molecule has 0 unspecified atom stereocenters. The minimum absolute atomic E-state index is 0.00166. The van der Waals surface area contributed by atoms with Crippen molar-refractivity contribution in [1.82, 2.24) is 0 Å². The number of ether oxygens (including phenoxy) is 2. The second-order valence-corrected chi connectivity index (χ2v) is 10.6. The van der Waals surface area contributed by atoms with Crippen molar-refractivity contribution in [3.63, 3.8) is 0 Å². The molecular weight excluding hydrogens is 448 g/mol. The number of rotatable bonds is 7. The number of carbonyl (C=O) groups excluding carboxylic acids is 2. The molecule has 4 fully saturated rings. The Hall–Kier alpha value is -1.70. The third-order valence-corrected chi connectivity index (χ3v) is 7.29. The Labute approximate surface area is 176 Å². The van der Waals surface area contributed by atoms with E-state index in [1.54, 1.807) is 0 Å². The van der Waals surface area contributed by atoms with Crippen molar-refractivity contribution < 1.29 is 27.8 Å². The van der Waals surface area contributed by atoms with Crippen molar-refractivity contribution in [2.75, 3.05) is 11.9 Å². The van der Waals surface area contributed by atoms with E-state index in [2.05, 4.69) is 26.0 Å². The standard InChI is InChI=1S/C21H24BrF2NO4/c22-21-8-13-5-14(9-21)7-20(6-13,12-21)10-18(27)28-11-17(26)25-15-1-3-16(4-2-15)29-19(23)24/h1-4,13-14,19H,5-12H2,(H,25,26)/t13-,14-,20?,21?/m0/s1. The molecule has 0 radical (unpaired) electrons. The Bertz CT molecular complexity index is 771. The quantitative estimate of drug-likeness (QED) is 0.453. The highest BCUT2D eigenvalue weighted by Crippen LogP contribution is 2.65. The predicted octanol–water partition coefficient (Wildman–Crippen LogP) is 4.89. The maximum Gasteiger partial charge on any atom is 0.387 e. The van der Waals surface area contributed by atoms with Gasteiger partial charge in [-0.15, -0.1) is 0 Å². The molecule has 0 heterocycles. The Kier molecular flexibility index (Phi) is 5.57. The molecule has 4 aliphatic rings. The number of halogens is 3. The van der Waals surface area contributed by atoms with Gasteiger partial charge in [0.1, 0.15) is 5.75 Å². The van der Waals surface area contributed by atoms with Crippen molar-refractivity contribution in [2.24, 2.45) is 17.3 Å². The van der Waals surface area contributed by atoms with Gasteiger partial charge in [-0.3, -0.25) is 9.59 Å². The lowest BCUT2D eigenvalue weighted by atomic mass is 9.49. The van der Waals surface area contributed by atoms with E-state index >= 15 is 0 Å². The molecule has 0 saturated heterocycles. The van der Waals surface area contributed by atoms with Crippen LogP contribution in [0.25, 0.3) is 0 Å². The number of anilines is 1. The molecule has 4 aliphatic carbocycles. The number of alkyl halides is 3. The molecule has 1 aromatic rings. The first-order valence-corrected chi connectivity index (χ1v) is 10.7. The van der Waals surface area contributed by atoms with E-state index in [1.807, 2.05) is 0 Å². The molecule has 158 valence electrons. The van der Waals surface area contributed by atoms with Crippen LogP contribution in [-0.2, 0) is 14.3 Å². The number of amides is 1. The van der Waals surface area contributed by atoms with Crippen molar-refractivity contribution in [3.8, 4) is 5.75 Å². The average molecular weight is 472 g/mol. The van der Waals surface area contributed by atoms with Crippen molar-refractivity contribution in [2.45, 2.75) is 55.9 Å². The van der Waals surface area contributed by atoms with E-state index in [9.17, 15) is 18.4 Å². The number of hydrogen-bond acceptors (Lipinski definition) is 4. The lowest BCUT2D eigenvalue weighted by Gasteiger charge is -2.60. The van der Waals surface area contributed by atoms with Gasteiger partial charge in [0.15, 0.2) is 6.61 Å². The predicted molar refractivity (Wildman–Crippen MR) is 106 cm³/mol. The zero-order valence-electron chi connectivity index (χ0n) is 16.0. The highest BCUT2D eigenvalue weighted by Gasteiger charge is 2.57. The van der Waals surface area contributed by atoms with Gasteiger partial charge in [0.2, 0.25) is 0 Å². The van der Waals surface area contributed by atoms with Crippen LogP contribution in [0.3, 0.4) is 0 Å². The molecule has 2 atom stereocenters. The molecule has 4 bridgehead atoms. The van der Waals surface area contributed by atoms with Gasteiger partial charge < -0.3 is 14.8 Å². The number of hydrogen-bond donors (Lipinski definition) is 1. The second-order valence-electron chi connectivity index (χ2n) is 8.90. The summed E-state index contributed by atoms with van der Waals surface area (Å²) in [5.41, 5.74) is 0.414. The molecule has 0 aromatic heterocycles. The van der Waals surface area contributed by atoms with E-state index in [4.69, 9.17) is 4.74 Å². The van der Waals surface area contributed by atoms with Crippen LogP contribution in [0.4, 0.5) is 14.5 Å². The Morgan fingerprint density at radius 1 is 1.14 bits per heavy atom. The third-order valence-electron chi connectivity index (χ3n) is 6.36.